The summed E-state index contributed by atoms with van der Waals surface area (Å²) in [7, 11) is 0. The van der Waals surface area contributed by atoms with Crippen molar-refractivity contribution in [2.75, 3.05) is 49.6 Å². The first kappa shape index (κ1) is 19.0. The molecule has 2 saturated heterocycles. The van der Waals surface area contributed by atoms with Gasteiger partial charge in [-0.15, -0.1) is 0 Å². The summed E-state index contributed by atoms with van der Waals surface area (Å²) in [6.45, 7) is 4.75. The summed E-state index contributed by atoms with van der Waals surface area (Å²) < 4.78 is 5.37. The Labute approximate surface area is 169 Å². The van der Waals surface area contributed by atoms with Crippen molar-refractivity contribution in [2.45, 2.75) is 19.3 Å². The van der Waals surface area contributed by atoms with Crippen molar-refractivity contribution in [1.82, 2.24) is 14.9 Å². The number of carbonyl (C=O) groups is 1. The molecule has 0 bridgehead atoms. The summed E-state index contributed by atoms with van der Waals surface area (Å²) in [4.78, 5) is 25.5. The van der Waals surface area contributed by atoms with E-state index in [2.05, 4.69) is 20.2 Å². The highest BCUT2D eigenvalue weighted by molar-refractivity contribution is 6.33. The van der Waals surface area contributed by atoms with Gasteiger partial charge in [0.2, 0.25) is 0 Å². The fraction of sp³-hybridized carbons (Fsp3) is 0.450. The second-order valence-electron chi connectivity index (χ2n) is 7.04. The molecule has 1 N–H and O–H groups in total. The van der Waals surface area contributed by atoms with Gasteiger partial charge in [-0.25, -0.2) is 9.97 Å². The standard InChI is InChI=1S/C20H24ClN5O2/c21-17-12-15(20(27)26-6-2-1-3-7-26)13-23-19(17)24-16-4-5-18(22-14-16)25-8-10-28-11-9-25/h4-5,12-14H,1-3,6-11H2,(H,23,24). The molecule has 0 aliphatic carbocycles. The minimum Gasteiger partial charge on any atom is -0.378 e. The molecule has 1 amide bonds. The summed E-state index contributed by atoms with van der Waals surface area (Å²) in [6, 6.07) is 5.60. The number of amides is 1. The van der Waals surface area contributed by atoms with E-state index in [1.54, 1.807) is 18.5 Å². The summed E-state index contributed by atoms with van der Waals surface area (Å²) in [5.74, 6) is 1.44. The average molecular weight is 402 g/mol. The number of ether oxygens (including phenoxy) is 1. The third-order valence-corrected chi connectivity index (χ3v) is 5.37. The SMILES string of the molecule is O=C(c1cnc(Nc2ccc(N3CCOCC3)nc2)c(Cl)c1)N1CCCCC1. The van der Waals surface area contributed by atoms with Gasteiger partial charge in [-0.1, -0.05) is 11.6 Å². The molecule has 2 aromatic heterocycles. The molecule has 2 aromatic rings. The number of piperidine rings is 1. The Morgan fingerprint density at radius 2 is 1.82 bits per heavy atom. The molecule has 0 saturated carbocycles. The molecule has 0 aromatic carbocycles. The van der Waals surface area contributed by atoms with Crippen molar-refractivity contribution in [1.29, 1.82) is 0 Å². The number of rotatable bonds is 4. The number of anilines is 3. The highest BCUT2D eigenvalue weighted by atomic mass is 35.5. The molecule has 0 radical (unpaired) electrons. The fourth-order valence-corrected chi connectivity index (χ4v) is 3.72. The van der Waals surface area contributed by atoms with Gasteiger partial charge < -0.3 is 19.9 Å². The second-order valence-corrected chi connectivity index (χ2v) is 7.44. The molecule has 4 rings (SSSR count). The van der Waals surface area contributed by atoms with Gasteiger partial charge in [0.25, 0.3) is 5.91 Å². The van der Waals surface area contributed by atoms with Crippen LogP contribution in [0.2, 0.25) is 5.02 Å². The number of pyridine rings is 2. The van der Waals surface area contributed by atoms with Crippen molar-refractivity contribution in [3.05, 3.63) is 41.2 Å². The van der Waals surface area contributed by atoms with Crippen LogP contribution in [0.15, 0.2) is 30.6 Å². The first-order valence-electron chi connectivity index (χ1n) is 9.71. The highest BCUT2D eigenvalue weighted by Crippen LogP contribution is 2.25. The Hall–Kier alpha value is -2.38. The summed E-state index contributed by atoms with van der Waals surface area (Å²) >= 11 is 6.38. The third kappa shape index (κ3) is 4.36. The van der Waals surface area contributed by atoms with Crippen molar-refractivity contribution >= 4 is 34.8 Å². The number of aromatic nitrogens is 2. The van der Waals surface area contributed by atoms with Gasteiger partial charge in [-0.2, -0.15) is 0 Å². The number of nitrogens with one attached hydrogen (secondary N) is 1. The van der Waals surface area contributed by atoms with E-state index in [9.17, 15) is 4.79 Å². The first-order valence-corrected chi connectivity index (χ1v) is 10.1. The number of carbonyl (C=O) groups excluding carboxylic acids is 1. The molecule has 28 heavy (non-hydrogen) atoms. The number of likely N-dealkylation sites (tertiary alicyclic amines) is 1. The second kappa shape index (κ2) is 8.75. The Kier molecular flexibility index (Phi) is 5.92. The smallest absolute Gasteiger partial charge is 0.255 e. The van der Waals surface area contributed by atoms with Gasteiger partial charge in [0.05, 0.1) is 35.7 Å². The Balaban J connectivity index is 1.42. The minimum absolute atomic E-state index is 0.00261. The van der Waals surface area contributed by atoms with Crippen LogP contribution < -0.4 is 10.2 Å². The van der Waals surface area contributed by atoms with E-state index in [1.165, 1.54) is 6.42 Å². The molecule has 148 valence electrons. The maximum absolute atomic E-state index is 12.6. The largest absolute Gasteiger partial charge is 0.378 e. The van der Waals surface area contributed by atoms with E-state index < -0.39 is 0 Å². The Bertz CT molecular complexity index is 818. The lowest BCUT2D eigenvalue weighted by atomic mass is 10.1. The van der Waals surface area contributed by atoms with Gasteiger partial charge in [0, 0.05) is 32.4 Å². The van der Waals surface area contributed by atoms with E-state index >= 15 is 0 Å². The third-order valence-electron chi connectivity index (χ3n) is 5.08. The quantitative estimate of drug-likeness (QED) is 0.847. The minimum atomic E-state index is -0.00261. The average Bonchev–Trinajstić information content (AvgIpc) is 2.76. The fourth-order valence-electron chi connectivity index (χ4n) is 3.50. The topological polar surface area (TPSA) is 70.6 Å². The molecule has 0 atom stereocenters. The van der Waals surface area contributed by atoms with Gasteiger partial charge in [-0.05, 0) is 37.5 Å². The van der Waals surface area contributed by atoms with Gasteiger partial charge in [0.15, 0.2) is 0 Å². The Morgan fingerprint density at radius 3 is 2.50 bits per heavy atom. The van der Waals surface area contributed by atoms with Crippen LogP contribution in [-0.4, -0.2) is 60.2 Å². The Morgan fingerprint density at radius 1 is 1.04 bits per heavy atom. The predicted molar refractivity (Wildman–Crippen MR) is 110 cm³/mol. The first-order chi connectivity index (χ1) is 13.7. The van der Waals surface area contributed by atoms with Crippen molar-refractivity contribution in [2.24, 2.45) is 0 Å². The van der Waals surface area contributed by atoms with E-state index in [1.807, 2.05) is 17.0 Å². The molecular formula is C20H24ClN5O2. The van der Waals surface area contributed by atoms with Crippen LogP contribution in [0, 0.1) is 0 Å². The maximum atomic E-state index is 12.6. The molecule has 2 fully saturated rings. The van der Waals surface area contributed by atoms with E-state index in [0.717, 1.165) is 63.7 Å². The number of hydrogen-bond acceptors (Lipinski definition) is 6. The number of halogens is 1. The number of nitrogens with zero attached hydrogens (tertiary/aromatic N) is 4. The van der Waals surface area contributed by atoms with Crippen LogP contribution in [0.5, 0.6) is 0 Å². The molecule has 2 aliphatic rings. The zero-order valence-electron chi connectivity index (χ0n) is 15.7. The summed E-state index contributed by atoms with van der Waals surface area (Å²) in [6.07, 6.45) is 6.64. The summed E-state index contributed by atoms with van der Waals surface area (Å²) in [5, 5.41) is 3.59. The van der Waals surface area contributed by atoms with Gasteiger partial charge >= 0.3 is 0 Å². The predicted octanol–water partition coefficient (Wildman–Crippen LogP) is 3.34. The van der Waals surface area contributed by atoms with Crippen LogP contribution in [-0.2, 0) is 4.74 Å². The lowest BCUT2D eigenvalue weighted by Gasteiger charge is -2.27. The van der Waals surface area contributed by atoms with E-state index in [0.29, 0.717) is 16.4 Å². The van der Waals surface area contributed by atoms with Crippen LogP contribution in [0.1, 0.15) is 29.6 Å². The van der Waals surface area contributed by atoms with E-state index in [4.69, 9.17) is 16.3 Å². The van der Waals surface area contributed by atoms with Crippen LogP contribution in [0.4, 0.5) is 17.3 Å². The lowest BCUT2D eigenvalue weighted by Crippen LogP contribution is -2.36. The zero-order chi connectivity index (χ0) is 19.3. The lowest BCUT2D eigenvalue weighted by molar-refractivity contribution is 0.0724. The maximum Gasteiger partial charge on any atom is 0.255 e. The zero-order valence-corrected chi connectivity index (χ0v) is 16.5. The molecule has 4 heterocycles. The number of morpholine rings is 1. The molecule has 7 nitrogen and oxygen atoms in total. The molecular weight excluding hydrogens is 378 g/mol. The molecule has 2 aliphatic heterocycles. The molecule has 8 heteroatoms. The summed E-state index contributed by atoms with van der Waals surface area (Å²) in [5.41, 5.74) is 1.32. The molecule has 0 unspecified atom stereocenters. The van der Waals surface area contributed by atoms with Crippen molar-refractivity contribution in [3.63, 3.8) is 0 Å². The van der Waals surface area contributed by atoms with Crippen LogP contribution in [0.3, 0.4) is 0 Å². The van der Waals surface area contributed by atoms with Crippen LogP contribution >= 0.6 is 11.6 Å². The van der Waals surface area contributed by atoms with Crippen molar-refractivity contribution in [3.8, 4) is 0 Å². The highest BCUT2D eigenvalue weighted by Gasteiger charge is 2.19. The molecule has 0 spiro atoms. The van der Waals surface area contributed by atoms with E-state index in [-0.39, 0.29) is 5.91 Å². The van der Waals surface area contributed by atoms with Crippen molar-refractivity contribution < 1.29 is 9.53 Å². The normalized spacial score (nSPS) is 17.5. The monoisotopic (exact) mass is 401 g/mol. The van der Waals surface area contributed by atoms with Gasteiger partial charge in [-0.3, -0.25) is 4.79 Å². The number of hydrogen-bond donors (Lipinski definition) is 1. The van der Waals surface area contributed by atoms with Gasteiger partial charge in [0.1, 0.15) is 11.6 Å². The van der Waals surface area contributed by atoms with Crippen LogP contribution in [0.25, 0.3) is 0 Å².